The van der Waals surface area contributed by atoms with E-state index >= 15 is 0 Å². The van der Waals surface area contributed by atoms with E-state index in [1.165, 1.54) is 5.56 Å². The Kier molecular flexibility index (Phi) is 4.79. The summed E-state index contributed by atoms with van der Waals surface area (Å²) in [5.74, 6) is 0.720. The van der Waals surface area contributed by atoms with E-state index in [1.54, 1.807) is 19.4 Å². The van der Waals surface area contributed by atoms with E-state index in [2.05, 4.69) is 18.0 Å². The number of hydrogen-bond acceptors (Lipinski definition) is 2. The van der Waals surface area contributed by atoms with E-state index in [0.717, 1.165) is 40.6 Å². The van der Waals surface area contributed by atoms with Crippen LogP contribution in [0.2, 0.25) is 0 Å². The molecule has 1 aromatic heterocycles. The van der Waals surface area contributed by atoms with Crippen molar-refractivity contribution in [1.29, 1.82) is 0 Å². The molecule has 124 valence electrons. The summed E-state index contributed by atoms with van der Waals surface area (Å²) < 4.78 is 19.8. The van der Waals surface area contributed by atoms with Crippen LogP contribution >= 0.6 is 0 Å². The zero-order valence-corrected chi connectivity index (χ0v) is 14.4. The lowest BCUT2D eigenvalue weighted by Gasteiger charge is -2.12. The fourth-order valence-electron chi connectivity index (χ4n) is 3.08. The van der Waals surface area contributed by atoms with Crippen molar-refractivity contribution in [3.63, 3.8) is 0 Å². The van der Waals surface area contributed by atoms with Gasteiger partial charge in [0.15, 0.2) is 0 Å². The lowest BCUT2D eigenvalue weighted by atomic mass is 9.98. The van der Waals surface area contributed by atoms with Crippen LogP contribution in [0.25, 0.3) is 10.9 Å². The highest BCUT2D eigenvalue weighted by molar-refractivity contribution is 5.85. The van der Waals surface area contributed by atoms with Gasteiger partial charge in [-0.15, -0.1) is 0 Å². The quantitative estimate of drug-likeness (QED) is 0.641. The molecule has 0 atom stereocenters. The molecule has 0 aliphatic rings. The Hall–Kier alpha value is -2.42. The lowest BCUT2D eigenvalue weighted by molar-refractivity contribution is 0.410. The van der Waals surface area contributed by atoms with Gasteiger partial charge in [0.2, 0.25) is 0 Å². The van der Waals surface area contributed by atoms with Gasteiger partial charge in [0.25, 0.3) is 0 Å². The minimum Gasteiger partial charge on any atom is -0.496 e. The number of aromatic nitrogens is 1. The number of methoxy groups -OCH3 is 1. The Morgan fingerprint density at radius 2 is 1.88 bits per heavy atom. The average Bonchev–Trinajstić information content (AvgIpc) is 2.57. The highest BCUT2D eigenvalue weighted by Gasteiger charge is 2.11. The summed E-state index contributed by atoms with van der Waals surface area (Å²) >= 11 is 0. The molecule has 0 unspecified atom stereocenters. The van der Waals surface area contributed by atoms with E-state index in [4.69, 9.17) is 4.74 Å². The van der Waals surface area contributed by atoms with Crippen LogP contribution in [0.5, 0.6) is 5.75 Å². The van der Waals surface area contributed by atoms with Crippen LogP contribution in [-0.2, 0) is 12.8 Å². The zero-order valence-electron chi connectivity index (χ0n) is 14.4. The Bertz CT molecular complexity index is 873. The summed E-state index contributed by atoms with van der Waals surface area (Å²) in [4.78, 5) is 4.49. The molecule has 0 radical (unpaired) electrons. The maximum absolute atomic E-state index is 14.2. The van der Waals surface area contributed by atoms with Crippen molar-refractivity contribution in [2.45, 2.75) is 33.1 Å². The molecule has 0 fully saturated rings. The van der Waals surface area contributed by atoms with Crippen LogP contribution in [0, 0.1) is 12.7 Å². The number of pyridine rings is 1. The molecule has 2 aromatic carbocycles. The van der Waals surface area contributed by atoms with Crippen LogP contribution < -0.4 is 4.74 Å². The van der Waals surface area contributed by atoms with Gasteiger partial charge < -0.3 is 4.74 Å². The molecule has 0 aliphatic carbocycles. The number of fused-ring (bicyclic) bond motifs is 1. The van der Waals surface area contributed by atoms with Gasteiger partial charge in [-0.05, 0) is 59.9 Å². The van der Waals surface area contributed by atoms with Crippen LogP contribution in [-0.4, -0.2) is 12.1 Å². The maximum Gasteiger partial charge on any atom is 0.126 e. The Balaban J connectivity index is 2.07. The van der Waals surface area contributed by atoms with Gasteiger partial charge in [-0.2, -0.15) is 0 Å². The fourth-order valence-corrected chi connectivity index (χ4v) is 3.08. The monoisotopic (exact) mass is 323 g/mol. The third kappa shape index (κ3) is 3.25. The van der Waals surface area contributed by atoms with E-state index in [1.807, 2.05) is 31.2 Å². The largest absolute Gasteiger partial charge is 0.496 e. The first-order valence-electron chi connectivity index (χ1n) is 8.32. The molecular weight excluding hydrogens is 301 g/mol. The van der Waals surface area contributed by atoms with E-state index < -0.39 is 0 Å². The van der Waals surface area contributed by atoms with Gasteiger partial charge in [0.1, 0.15) is 11.6 Å². The zero-order chi connectivity index (χ0) is 17.1. The number of nitrogens with zero attached hydrogens (tertiary/aromatic N) is 1. The predicted molar refractivity (Wildman–Crippen MR) is 96.2 cm³/mol. The van der Waals surface area contributed by atoms with Gasteiger partial charge in [0, 0.05) is 18.0 Å². The second-order valence-corrected chi connectivity index (χ2v) is 6.17. The van der Waals surface area contributed by atoms with Crippen LogP contribution in [0.3, 0.4) is 0 Å². The normalized spacial score (nSPS) is 11.0. The molecule has 0 N–H and O–H groups in total. The highest BCUT2D eigenvalue weighted by Crippen LogP contribution is 2.29. The standard InChI is InChI=1S/C21H22FNO/c1-4-5-17-12-20-18(13-21(17)24-3)15(8-9-23-20)11-16-7-6-14(2)10-19(16)22/h6-10,12-13H,4-5,11H2,1-3H3. The van der Waals surface area contributed by atoms with E-state index in [0.29, 0.717) is 12.0 Å². The smallest absolute Gasteiger partial charge is 0.126 e. The van der Waals surface area contributed by atoms with Crippen molar-refractivity contribution < 1.29 is 9.13 Å². The van der Waals surface area contributed by atoms with E-state index in [9.17, 15) is 4.39 Å². The first kappa shape index (κ1) is 16.4. The van der Waals surface area contributed by atoms with Crippen molar-refractivity contribution in [2.24, 2.45) is 0 Å². The number of aryl methyl sites for hydroxylation is 2. The number of benzene rings is 2. The molecule has 0 saturated carbocycles. The van der Waals surface area contributed by atoms with Crippen molar-refractivity contribution in [1.82, 2.24) is 4.98 Å². The molecule has 3 rings (SSSR count). The topological polar surface area (TPSA) is 22.1 Å². The highest BCUT2D eigenvalue weighted by atomic mass is 19.1. The molecule has 0 amide bonds. The van der Waals surface area contributed by atoms with Crippen molar-refractivity contribution in [3.8, 4) is 5.75 Å². The summed E-state index contributed by atoms with van der Waals surface area (Å²) in [6.07, 6.45) is 4.35. The van der Waals surface area contributed by atoms with Gasteiger partial charge in [-0.1, -0.05) is 25.5 Å². The number of hydrogen-bond donors (Lipinski definition) is 0. The first-order chi connectivity index (χ1) is 11.6. The molecule has 0 saturated heterocycles. The number of rotatable bonds is 5. The second-order valence-electron chi connectivity index (χ2n) is 6.17. The predicted octanol–water partition coefficient (Wildman–Crippen LogP) is 5.23. The fraction of sp³-hybridized carbons (Fsp3) is 0.286. The van der Waals surface area contributed by atoms with Crippen LogP contribution in [0.4, 0.5) is 4.39 Å². The Labute approximate surface area is 142 Å². The summed E-state index contributed by atoms with van der Waals surface area (Å²) in [5.41, 5.74) is 4.79. The number of halogens is 1. The van der Waals surface area contributed by atoms with Crippen molar-refractivity contribution in [2.75, 3.05) is 7.11 Å². The SMILES string of the molecule is CCCc1cc2nccc(Cc3ccc(C)cc3F)c2cc1OC. The summed E-state index contributed by atoms with van der Waals surface area (Å²) in [7, 11) is 1.69. The van der Waals surface area contributed by atoms with Gasteiger partial charge in [0.05, 0.1) is 12.6 Å². The van der Waals surface area contributed by atoms with Crippen molar-refractivity contribution >= 4 is 10.9 Å². The second kappa shape index (κ2) is 7.00. The van der Waals surface area contributed by atoms with Crippen LogP contribution in [0.1, 0.15) is 35.6 Å². The average molecular weight is 323 g/mol. The molecule has 2 nitrogen and oxygen atoms in total. The Morgan fingerprint density at radius 3 is 2.58 bits per heavy atom. The molecule has 0 aliphatic heterocycles. The van der Waals surface area contributed by atoms with Crippen molar-refractivity contribution in [3.05, 3.63) is 70.7 Å². The van der Waals surface area contributed by atoms with Gasteiger partial charge in [-0.3, -0.25) is 4.98 Å². The van der Waals surface area contributed by atoms with Gasteiger partial charge in [-0.25, -0.2) is 4.39 Å². The summed E-state index contributed by atoms with van der Waals surface area (Å²) in [6.45, 7) is 4.04. The molecule has 3 aromatic rings. The summed E-state index contributed by atoms with van der Waals surface area (Å²) in [6, 6.07) is 11.5. The first-order valence-corrected chi connectivity index (χ1v) is 8.32. The van der Waals surface area contributed by atoms with E-state index in [-0.39, 0.29) is 5.82 Å². The molecule has 24 heavy (non-hydrogen) atoms. The molecule has 3 heteroatoms. The Morgan fingerprint density at radius 1 is 1.04 bits per heavy atom. The third-order valence-corrected chi connectivity index (χ3v) is 4.34. The minimum atomic E-state index is -0.158. The van der Waals surface area contributed by atoms with Crippen LogP contribution in [0.15, 0.2) is 42.6 Å². The maximum atomic E-state index is 14.2. The molecule has 0 spiro atoms. The molecule has 1 heterocycles. The minimum absolute atomic E-state index is 0.158. The lowest BCUT2D eigenvalue weighted by Crippen LogP contribution is -1.98. The van der Waals surface area contributed by atoms with Gasteiger partial charge >= 0.3 is 0 Å². The molecule has 0 bridgehead atoms. The number of ether oxygens (including phenoxy) is 1. The third-order valence-electron chi connectivity index (χ3n) is 4.34. The summed E-state index contributed by atoms with van der Waals surface area (Å²) in [5, 5.41) is 1.02. The molecular formula is C21H22FNO.